The second kappa shape index (κ2) is 11.9. The van der Waals surface area contributed by atoms with E-state index in [4.69, 9.17) is 28.4 Å². The number of carboxylic acids is 2. The Kier molecular flexibility index (Phi) is 7.96. The first-order chi connectivity index (χ1) is 23.3. The highest BCUT2D eigenvalue weighted by Gasteiger charge is 2.54. The summed E-state index contributed by atoms with van der Waals surface area (Å²) in [6.45, 7) is 0. The lowest BCUT2D eigenvalue weighted by Crippen LogP contribution is -2.61. The van der Waals surface area contributed by atoms with E-state index in [-0.39, 0.29) is 28.6 Å². The molecule has 2 fully saturated rings. The summed E-state index contributed by atoms with van der Waals surface area (Å²) in [7, 11) is 0. The van der Waals surface area contributed by atoms with Crippen molar-refractivity contribution in [3.63, 3.8) is 0 Å². The van der Waals surface area contributed by atoms with E-state index in [0.717, 1.165) is 0 Å². The molecule has 2 saturated heterocycles. The molecule has 0 aromatic heterocycles. The van der Waals surface area contributed by atoms with Crippen molar-refractivity contribution >= 4 is 17.9 Å². The van der Waals surface area contributed by atoms with Crippen LogP contribution in [0.3, 0.4) is 0 Å². The molecule has 0 saturated carbocycles. The van der Waals surface area contributed by atoms with Gasteiger partial charge in [0, 0.05) is 28.8 Å². The monoisotopic (exact) mass is 684 g/mol. The molecule has 4 heterocycles. The van der Waals surface area contributed by atoms with Crippen LogP contribution in [0, 0.1) is 0 Å². The third kappa shape index (κ3) is 5.15. The molecule has 8 N–H and O–H groups in total. The number of fused-ring (bicyclic) bond motifs is 6. The van der Waals surface area contributed by atoms with Gasteiger partial charge in [0.15, 0.2) is 17.8 Å². The highest BCUT2D eigenvalue weighted by Crippen LogP contribution is 2.57. The molecule has 258 valence electrons. The quantitative estimate of drug-likeness (QED) is 0.142. The standard InChI is InChI=1S/C32H28O17/c33-19-21(35)25(27(39)40)47-30(23(19)37)44-11-5-7-15-17(9-11)46-18-10-12(45-31-24(38)20(34)22(36)26(48-31)28(41)42)6-8-16(18)32(15)14-4-2-1-3-13(14)29(43)49-32/h1-10,19-26,30-31,33-38H,(H,39,40)(H,41,42)/t19-,20-,21-,22-,23+,24+,25-,26-,30?,31?,32?/m0/s1. The predicted molar refractivity (Wildman–Crippen MR) is 155 cm³/mol. The Hall–Kier alpha value is -4.85. The molecule has 0 amide bonds. The van der Waals surface area contributed by atoms with Crippen LogP contribution in [0.15, 0.2) is 60.7 Å². The number of hydrogen-bond acceptors (Lipinski definition) is 15. The predicted octanol–water partition coefficient (Wildman–Crippen LogP) is -1.20. The minimum absolute atomic E-state index is 0.0470. The van der Waals surface area contributed by atoms with Gasteiger partial charge in [0.2, 0.25) is 12.6 Å². The van der Waals surface area contributed by atoms with Gasteiger partial charge in [-0.05, 0) is 30.3 Å². The molecule has 3 aromatic rings. The van der Waals surface area contributed by atoms with Crippen molar-refractivity contribution in [2.24, 2.45) is 0 Å². The van der Waals surface area contributed by atoms with Crippen LogP contribution < -0.4 is 14.2 Å². The van der Waals surface area contributed by atoms with Gasteiger partial charge in [0.05, 0.1) is 5.56 Å². The van der Waals surface area contributed by atoms with Gasteiger partial charge >= 0.3 is 17.9 Å². The number of benzene rings is 3. The highest BCUT2D eigenvalue weighted by molar-refractivity contribution is 5.97. The topological polar surface area (TPSA) is 268 Å². The Morgan fingerprint density at radius 1 is 0.612 bits per heavy atom. The van der Waals surface area contributed by atoms with Crippen molar-refractivity contribution in [3.8, 4) is 23.0 Å². The van der Waals surface area contributed by atoms with Gasteiger partial charge in [-0.1, -0.05) is 18.2 Å². The minimum atomic E-state index is -1.94. The molecule has 0 radical (unpaired) electrons. The first-order valence-electron chi connectivity index (χ1n) is 14.8. The fourth-order valence-corrected chi connectivity index (χ4v) is 6.35. The Bertz CT molecular complexity index is 1730. The number of carbonyl (C=O) groups is 3. The maximum Gasteiger partial charge on any atom is 0.340 e. The van der Waals surface area contributed by atoms with Crippen molar-refractivity contribution in [1.82, 2.24) is 0 Å². The zero-order chi connectivity index (χ0) is 34.9. The Morgan fingerprint density at radius 2 is 1.08 bits per heavy atom. The van der Waals surface area contributed by atoms with E-state index in [9.17, 15) is 55.2 Å². The molecule has 49 heavy (non-hydrogen) atoms. The van der Waals surface area contributed by atoms with Gasteiger partial charge in [0.25, 0.3) is 0 Å². The first-order valence-corrected chi connectivity index (χ1v) is 14.8. The maximum atomic E-state index is 13.2. The Morgan fingerprint density at radius 3 is 1.55 bits per heavy atom. The van der Waals surface area contributed by atoms with Crippen LogP contribution in [0.1, 0.15) is 27.0 Å². The summed E-state index contributed by atoms with van der Waals surface area (Å²) in [6.07, 6.45) is -18.7. The minimum Gasteiger partial charge on any atom is -0.479 e. The van der Waals surface area contributed by atoms with E-state index >= 15 is 0 Å². The number of ether oxygens (including phenoxy) is 6. The molecule has 0 bridgehead atoms. The fraction of sp³-hybridized carbons (Fsp3) is 0.344. The number of aliphatic carboxylic acids is 2. The molecule has 17 nitrogen and oxygen atoms in total. The van der Waals surface area contributed by atoms with Gasteiger partial charge in [-0.2, -0.15) is 0 Å². The zero-order valence-corrected chi connectivity index (χ0v) is 24.8. The van der Waals surface area contributed by atoms with Crippen molar-refractivity contribution < 1.29 is 83.7 Å². The molecular formula is C32H28O17. The van der Waals surface area contributed by atoms with E-state index in [1.165, 1.54) is 36.4 Å². The molecular weight excluding hydrogens is 656 g/mol. The zero-order valence-electron chi connectivity index (χ0n) is 24.8. The number of carboxylic acid groups (broad SMARTS) is 2. The lowest BCUT2D eigenvalue weighted by atomic mass is 9.77. The highest BCUT2D eigenvalue weighted by atomic mass is 16.7. The second-order valence-corrected chi connectivity index (χ2v) is 11.7. The molecule has 10 atom stereocenters. The molecule has 3 aromatic carbocycles. The van der Waals surface area contributed by atoms with Gasteiger partial charge in [0.1, 0.15) is 59.6 Å². The van der Waals surface area contributed by atoms with Crippen LogP contribution in [0.2, 0.25) is 0 Å². The van der Waals surface area contributed by atoms with E-state index in [1.807, 2.05) is 0 Å². The SMILES string of the molecule is O=C1OC2(c3ccc(OC4O[C@H](C(=O)O)[C@@H](O)[C@H](O)[C@H]4O)cc3Oc3cc(OC4O[C@H](C(=O)O)[C@@H](O)[C@H](O)[C@H]4O)ccc32)c2ccccc21. The average Bonchev–Trinajstić information content (AvgIpc) is 3.37. The third-order valence-electron chi connectivity index (χ3n) is 8.79. The Balaban J connectivity index is 1.26. The van der Waals surface area contributed by atoms with Gasteiger partial charge in [-0.25, -0.2) is 14.4 Å². The van der Waals surface area contributed by atoms with Crippen LogP contribution in [0.4, 0.5) is 0 Å². The maximum absolute atomic E-state index is 13.2. The third-order valence-corrected chi connectivity index (χ3v) is 8.79. The molecule has 2 unspecified atom stereocenters. The van der Waals surface area contributed by atoms with Crippen molar-refractivity contribution in [1.29, 1.82) is 0 Å². The summed E-state index contributed by atoms with van der Waals surface area (Å²) in [5.74, 6) is -3.86. The van der Waals surface area contributed by atoms with Crippen LogP contribution in [-0.2, 0) is 29.4 Å². The Labute approximate surface area is 274 Å². The van der Waals surface area contributed by atoms with E-state index in [0.29, 0.717) is 16.7 Å². The van der Waals surface area contributed by atoms with Gasteiger partial charge in [-0.3, -0.25) is 0 Å². The smallest absolute Gasteiger partial charge is 0.340 e. The van der Waals surface area contributed by atoms with Crippen LogP contribution in [0.5, 0.6) is 23.0 Å². The fourth-order valence-electron chi connectivity index (χ4n) is 6.35. The first kappa shape index (κ1) is 32.7. The number of carbonyl (C=O) groups excluding carboxylic acids is 1. The number of aliphatic hydroxyl groups excluding tert-OH is 6. The largest absolute Gasteiger partial charge is 0.479 e. The second-order valence-electron chi connectivity index (χ2n) is 11.7. The lowest BCUT2D eigenvalue weighted by Gasteiger charge is -2.39. The molecule has 7 rings (SSSR count). The molecule has 17 heteroatoms. The average molecular weight is 685 g/mol. The van der Waals surface area contributed by atoms with E-state index in [1.54, 1.807) is 24.3 Å². The summed E-state index contributed by atoms with van der Waals surface area (Å²) in [4.78, 5) is 36.3. The normalized spacial score (nSPS) is 34.5. The van der Waals surface area contributed by atoms with Gasteiger partial charge < -0.3 is 69.3 Å². The van der Waals surface area contributed by atoms with Crippen molar-refractivity contribution in [2.45, 2.75) is 67.0 Å². The summed E-state index contributed by atoms with van der Waals surface area (Å²) >= 11 is 0. The summed E-state index contributed by atoms with van der Waals surface area (Å²) < 4.78 is 34.1. The van der Waals surface area contributed by atoms with Crippen molar-refractivity contribution in [2.75, 3.05) is 0 Å². The molecule has 4 aliphatic rings. The summed E-state index contributed by atoms with van der Waals surface area (Å²) in [6, 6.07) is 15.1. The summed E-state index contributed by atoms with van der Waals surface area (Å²) in [5, 5.41) is 80.2. The number of rotatable bonds is 6. The molecule has 0 aliphatic carbocycles. The van der Waals surface area contributed by atoms with Crippen LogP contribution in [-0.4, -0.2) is 120 Å². The number of hydrogen-bond donors (Lipinski definition) is 8. The number of aliphatic hydroxyl groups is 6. The van der Waals surface area contributed by atoms with E-state index < -0.39 is 84.9 Å². The molecule has 4 aliphatic heterocycles. The van der Waals surface area contributed by atoms with Crippen LogP contribution >= 0.6 is 0 Å². The van der Waals surface area contributed by atoms with E-state index in [2.05, 4.69) is 0 Å². The molecule has 1 spiro atoms. The summed E-state index contributed by atoms with van der Waals surface area (Å²) in [5.41, 5.74) is -0.211. The lowest BCUT2D eigenvalue weighted by molar-refractivity contribution is -0.271. The van der Waals surface area contributed by atoms with Gasteiger partial charge in [-0.15, -0.1) is 0 Å². The van der Waals surface area contributed by atoms with Crippen LogP contribution in [0.25, 0.3) is 0 Å². The number of esters is 1. The van der Waals surface area contributed by atoms with Crippen molar-refractivity contribution in [3.05, 3.63) is 82.9 Å².